The minimum absolute atomic E-state index is 0.309. The van der Waals surface area contributed by atoms with Crippen LogP contribution in [0.3, 0.4) is 0 Å². The van der Waals surface area contributed by atoms with E-state index in [1.54, 1.807) is 6.07 Å². The first-order chi connectivity index (χ1) is 10.5. The zero-order valence-corrected chi connectivity index (χ0v) is 12.5. The lowest BCUT2D eigenvalue weighted by atomic mass is 10.2. The molecule has 9 heteroatoms. The van der Waals surface area contributed by atoms with Gasteiger partial charge in [0, 0.05) is 28.5 Å². The molecule has 8 nitrogen and oxygen atoms in total. The molecule has 0 saturated carbocycles. The third-order valence-corrected chi connectivity index (χ3v) is 2.98. The van der Waals surface area contributed by atoms with Crippen LogP contribution >= 0.6 is 15.9 Å². The van der Waals surface area contributed by atoms with Gasteiger partial charge in [-0.15, -0.1) is 0 Å². The molecule has 2 aromatic rings. The Bertz CT molecular complexity index is 763. The van der Waals surface area contributed by atoms with Gasteiger partial charge in [-0.25, -0.2) is 5.43 Å². The van der Waals surface area contributed by atoms with Crippen molar-refractivity contribution in [3.8, 4) is 5.75 Å². The lowest BCUT2D eigenvalue weighted by molar-refractivity contribution is -0.385. The number of nitrogens with zero attached hydrogens (tertiary/aromatic N) is 3. The average molecular weight is 365 g/mol. The van der Waals surface area contributed by atoms with Gasteiger partial charge in [0.1, 0.15) is 0 Å². The summed E-state index contributed by atoms with van der Waals surface area (Å²) in [4.78, 5) is 25.6. The molecule has 0 radical (unpaired) electrons. The van der Waals surface area contributed by atoms with Crippen molar-refractivity contribution >= 4 is 33.7 Å². The number of carbonyl (C=O) groups excluding carboxylic acids is 1. The van der Waals surface area contributed by atoms with Gasteiger partial charge in [-0.2, -0.15) is 5.10 Å². The maximum atomic E-state index is 11.8. The van der Waals surface area contributed by atoms with Crippen LogP contribution in [0.15, 0.2) is 46.2 Å². The Morgan fingerprint density at radius 2 is 2.18 bits per heavy atom. The molecule has 1 heterocycles. The molecule has 2 N–H and O–H groups in total. The number of halogens is 1. The van der Waals surface area contributed by atoms with E-state index in [1.165, 1.54) is 30.7 Å². The van der Waals surface area contributed by atoms with Crippen molar-refractivity contribution in [3.05, 3.63) is 62.4 Å². The number of phenols is 1. The predicted molar refractivity (Wildman–Crippen MR) is 81.8 cm³/mol. The van der Waals surface area contributed by atoms with Gasteiger partial charge in [-0.05, 0) is 34.1 Å². The monoisotopic (exact) mass is 364 g/mol. The molecule has 0 fully saturated rings. The van der Waals surface area contributed by atoms with Crippen molar-refractivity contribution in [1.29, 1.82) is 0 Å². The number of rotatable bonds is 4. The van der Waals surface area contributed by atoms with Crippen molar-refractivity contribution in [2.75, 3.05) is 0 Å². The lowest BCUT2D eigenvalue weighted by Crippen LogP contribution is -2.17. The maximum Gasteiger partial charge on any atom is 0.311 e. The summed E-state index contributed by atoms with van der Waals surface area (Å²) in [5, 5.41) is 23.7. The van der Waals surface area contributed by atoms with Crippen LogP contribution in [-0.4, -0.2) is 27.1 Å². The van der Waals surface area contributed by atoms with Crippen LogP contribution in [0.4, 0.5) is 5.69 Å². The summed E-state index contributed by atoms with van der Waals surface area (Å²) in [5.74, 6) is -0.912. The number of hydrogen-bond acceptors (Lipinski definition) is 6. The number of aromatic hydroxyl groups is 1. The summed E-state index contributed by atoms with van der Waals surface area (Å²) in [6, 6.07) is 5.33. The molecule has 0 aliphatic carbocycles. The third kappa shape index (κ3) is 3.85. The van der Waals surface area contributed by atoms with Crippen molar-refractivity contribution in [1.82, 2.24) is 10.4 Å². The molecule has 0 atom stereocenters. The number of amides is 1. The summed E-state index contributed by atoms with van der Waals surface area (Å²) >= 11 is 3.20. The van der Waals surface area contributed by atoms with Gasteiger partial charge >= 0.3 is 5.69 Å². The average Bonchev–Trinajstić information content (AvgIpc) is 2.48. The maximum absolute atomic E-state index is 11.8. The van der Waals surface area contributed by atoms with Gasteiger partial charge < -0.3 is 5.11 Å². The van der Waals surface area contributed by atoms with Crippen LogP contribution in [0.25, 0.3) is 0 Å². The number of pyridine rings is 1. The van der Waals surface area contributed by atoms with Crippen LogP contribution in [0.2, 0.25) is 0 Å². The number of hydrazone groups is 1. The van der Waals surface area contributed by atoms with Crippen molar-refractivity contribution in [2.24, 2.45) is 5.10 Å². The SMILES string of the molecule is O=C(N/N=C\c1ccc(O)c([N+](=O)[O-])c1)c1cncc(Br)c1. The van der Waals surface area contributed by atoms with E-state index >= 15 is 0 Å². The van der Waals surface area contributed by atoms with Crippen LogP contribution in [0.1, 0.15) is 15.9 Å². The highest BCUT2D eigenvalue weighted by molar-refractivity contribution is 9.10. The van der Waals surface area contributed by atoms with Crippen molar-refractivity contribution < 1.29 is 14.8 Å². The Morgan fingerprint density at radius 3 is 2.86 bits per heavy atom. The number of nitrogens with one attached hydrogen (secondary N) is 1. The predicted octanol–water partition coefficient (Wildman–Crippen LogP) is 2.22. The van der Waals surface area contributed by atoms with Crippen LogP contribution in [0.5, 0.6) is 5.75 Å². The summed E-state index contributed by atoms with van der Waals surface area (Å²) in [6.07, 6.45) is 4.15. The number of hydrogen-bond donors (Lipinski definition) is 2. The normalized spacial score (nSPS) is 10.6. The van der Waals surface area contributed by atoms with E-state index in [0.717, 1.165) is 6.07 Å². The van der Waals surface area contributed by atoms with E-state index in [2.05, 4.69) is 31.4 Å². The van der Waals surface area contributed by atoms with Gasteiger partial charge in [0.15, 0.2) is 5.75 Å². The first-order valence-electron chi connectivity index (χ1n) is 5.89. The Balaban J connectivity index is 2.08. The van der Waals surface area contributed by atoms with Gasteiger partial charge in [0.2, 0.25) is 0 Å². The highest BCUT2D eigenvalue weighted by Gasteiger charge is 2.12. The van der Waals surface area contributed by atoms with E-state index in [0.29, 0.717) is 15.6 Å². The molecule has 0 spiro atoms. The molecule has 0 bridgehead atoms. The Morgan fingerprint density at radius 1 is 1.41 bits per heavy atom. The molecular weight excluding hydrogens is 356 g/mol. The Labute approximate surface area is 132 Å². The number of nitro groups is 1. The van der Waals surface area contributed by atoms with Gasteiger partial charge in [0.05, 0.1) is 16.7 Å². The number of benzene rings is 1. The molecule has 0 aliphatic heterocycles. The van der Waals surface area contributed by atoms with Crippen LogP contribution in [-0.2, 0) is 0 Å². The molecule has 0 unspecified atom stereocenters. The fourth-order valence-electron chi connectivity index (χ4n) is 1.53. The molecule has 1 aromatic carbocycles. The summed E-state index contributed by atoms with van der Waals surface area (Å²) in [5.41, 5.74) is 2.50. The molecule has 0 saturated heterocycles. The fourth-order valence-corrected chi connectivity index (χ4v) is 1.90. The first kappa shape index (κ1) is 15.6. The highest BCUT2D eigenvalue weighted by Crippen LogP contribution is 2.25. The highest BCUT2D eigenvalue weighted by atomic mass is 79.9. The number of nitro benzene ring substituents is 1. The summed E-state index contributed by atoms with van der Waals surface area (Å²) < 4.78 is 0.651. The molecular formula is C13H9BrN4O4. The molecule has 112 valence electrons. The minimum atomic E-state index is -0.710. The third-order valence-electron chi connectivity index (χ3n) is 2.54. The topological polar surface area (TPSA) is 118 Å². The Hall–Kier alpha value is -2.81. The molecule has 1 aromatic heterocycles. The van der Waals surface area contributed by atoms with Gasteiger partial charge in [0.25, 0.3) is 5.91 Å². The van der Waals surface area contributed by atoms with E-state index < -0.39 is 22.3 Å². The first-order valence-corrected chi connectivity index (χ1v) is 6.68. The molecule has 1 amide bonds. The van der Waals surface area contributed by atoms with Gasteiger partial charge in [-0.3, -0.25) is 19.9 Å². The van der Waals surface area contributed by atoms with Crippen molar-refractivity contribution in [3.63, 3.8) is 0 Å². The lowest BCUT2D eigenvalue weighted by Gasteiger charge is -2.00. The van der Waals surface area contributed by atoms with E-state index in [4.69, 9.17) is 0 Å². The van der Waals surface area contributed by atoms with Crippen molar-refractivity contribution in [2.45, 2.75) is 0 Å². The quantitative estimate of drug-likeness (QED) is 0.489. The zero-order valence-electron chi connectivity index (χ0n) is 10.9. The Kier molecular flexibility index (Phi) is 4.79. The summed E-state index contributed by atoms with van der Waals surface area (Å²) in [7, 11) is 0. The standard InChI is InChI=1S/C13H9BrN4O4/c14-10-4-9(6-15-7-10)13(20)17-16-5-8-1-2-12(19)11(3-8)18(21)22/h1-7,19H,(H,17,20)/b16-5-. The minimum Gasteiger partial charge on any atom is -0.502 e. The number of phenolic OH excluding ortho intramolecular Hbond substituents is 1. The molecule has 2 rings (SSSR count). The smallest absolute Gasteiger partial charge is 0.311 e. The number of carbonyl (C=O) groups is 1. The zero-order chi connectivity index (χ0) is 16.1. The second kappa shape index (κ2) is 6.76. The second-order valence-corrected chi connectivity index (χ2v) is 5.01. The number of aromatic nitrogens is 1. The molecule has 22 heavy (non-hydrogen) atoms. The van der Waals surface area contributed by atoms with Gasteiger partial charge in [-0.1, -0.05) is 0 Å². The van der Waals surface area contributed by atoms with E-state index in [1.807, 2.05) is 0 Å². The largest absolute Gasteiger partial charge is 0.502 e. The fraction of sp³-hybridized carbons (Fsp3) is 0. The van der Waals surface area contributed by atoms with E-state index in [-0.39, 0.29) is 0 Å². The van der Waals surface area contributed by atoms with E-state index in [9.17, 15) is 20.0 Å². The second-order valence-electron chi connectivity index (χ2n) is 4.10. The summed E-state index contributed by atoms with van der Waals surface area (Å²) in [6.45, 7) is 0. The van der Waals surface area contributed by atoms with Crippen LogP contribution in [0, 0.1) is 10.1 Å². The van der Waals surface area contributed by atoms with Crippen LogP contribution < -0.4 is 5.43 Å². The molecule has 0 aliphatic rings.